The van der Waals surface area contributed by atoms with E-state index in [9.17, 15) is 9.59 Å². The molecule has 198 valence electrons. The number of nitrogens with one attached hydrogen (secondary N) is 1. The summed E-state index contributed by atoms with van der Waals surface area (Å²) < 4.78 is 23.3. The van der Waals surface area contributed by atoms with Crippen molar-refractivity contribution in [1.29, 1.82) is 0 Å². The number of hydrazone groups is 1. The predicted molar refractivity (Wildman–Crippen MR) is 150 cm³/mol. The highest BCUT2D eigenvalue weighted by Gasteiger charge is 2.22. The summed E-state index contributed by atoms with van der Waals surface area (Å²) in [6.07, 6.45) is 0.0531. The summed E-state index contributed by atoms with van der Waals surface area (Å²) in [6.45, 7) is 2.41. The summed E-state index contributed by atoms with van der Waals surface area (Å²) in [5.41, 5.74) is 3.24. The van der Waals surface area contributed by atoms with E-state index in [0.29, 0.717) is 35.0 Å². The highest BCUT2D eigenvalue weighted by atomic mass is 79.9. The Morgan fingerprint density at radius 1 is 0.846 bits per heavy atom. The number of amides is 1. The van der Waals surface area contributed by atoms with Crippen molar-refractivity contribution in [1.82, 2.24) is 5.43 Å². The van der Waals surface area contributed by atoms with Gasteiger partial charge in [0.1, 0.15) is 23.0 Å². The lowest BCUT2D eigenvalue weighted by Crippen LogP contribution is -2.40. The van der Waals surface area contributed by atoms with Crippen molar-refractivity contribution < 1.29 is 28.5 Å². The van der Waals surface area contributed by atoms with E-state index >= 15 is 0 Å². The molecule has 4 rings (SSSR count). The van der Waals surface area contributed by atoms with Crippen LogP contribution in [-0.4, -0.2) is 31.0 Å². The van der Waals surface area contributed by atoms with Gasteiger partial charge in [-0.2, -0.15) is 5.10 Å². The van der Waals surface area contributed by atoms with E-state index in [1.807, 2.05) is 19.1 Å². The molecule has 39 heavy (non-hydrogen) atoms. The first kappa shape index (κ1) is 27.4. The van der Waals surface area contributed by atoms with Crippen LogP contribution >= 0.6 is 15.9 Å². The maximum absolute atomic E-state index is 13.0. The number of hydrogen-bond donors (Lipinski definition) is 1. The predicted octanol–water partition coefficient (Wildman–Crippen LogP) is 6.00. The monoisotopic (exact) mass is 588 g/mol. The molecule has 0 bridgehead atoms. The molecule has 0 aliphatic carbocycles. The Morgan fingerprint density at radius 3 is 2.05 bits per heavy atom. The van der Waals surface area contributed by atoms with Gasteiger partial charge in [-0.05, 0) is 73.7 Å². The van der Waals surface area contributed by atoms with Gasteiger partial charge in [0.15, 0.2) is 0 Å². The van der Waals surface area contributed by atoms with Crippen LogP contribution in [0.2, 0.25) is 0 Å². The van der Waals surface area contributed by atoms with Crippen LogP contribution in [0.1, 0.15) is 22.8 Å². The van der Waals surface area contributed by atoms with Gasteiger partial charge in [-0.1, -0.05) is 52.3 Å². The van der Waals surface area contributed by atoms with Crippen molar-refractivity contribution >= 4 is 34.0 Å². The molecule has 0 heterocycles. The van der Waals surface area contributed by atoms with Crippen LogP contribution in [0.5, 0.6) is 23.0 Å². The summed E-state index contributed by atoms with van der Waals surface area (Å²) >= 11 is 3.40. The minimum Gasteiger partial charge on any atom is -0.494 e. The normalized spacial score (nSPS) is 10.7. The van der Waals surface area contributed by atoms with Gasteiger partial charge in [-0.3, -0.25) is 4.79 Å². The van der Waals surface area contributed by atoms with Gasteiger partial charge in [0.05, 0.1) is 18.4 Å². The Balaban J connectivity index is 1.46. The van der Waals surface area contributed by atoms with Crippen LogP contribution in [0.3, 0.4) is 0 Å². The number of carbonyl (C=O) groups excluding carboxylic acids is 2. The zero-order valence-corrected chi connectivity index (χ0v) is 22.5. The van der Waals surface area contributed by atoms with Gasteiger partial charge in [0.2, 0.25) is 0 Å². The molecule has 4 aromatic rings. The summed E-state index contributed by atoms with van der Waals surface area (Å²) in [7, 11) is 0. The Morgan fingerprint density at radius 2 is 1.46 bits per heavy atom. The second kappa shape index (κ2) is 13.8. The van der Waals surface area contributed by atoms with E-state index in [-0.39, 0.29) is 5.75 Å². The number of ether oxygens (including phenoxy) is 4. The van der Waals surface area contributed by atoms with Crippen molar-refractivity contribution in [3.05, 3.63) is 119 Å². The third-order valence-electron chi connectivity index (χ3n) is 5.14. The number of carbonyl (C=O) groups is 2. The fraction of sp³-hybridized carbons (Fsp3) is 0.100. The quantitative estimate of drug-likeness (QED) is 0.0758. The lowest BCUT2D eigenvalue weighted by molar-refractivity contribution is -0.140. The Kier molecular flexibility index (Phi) is 9.68. The summed E-state index contributed by atoms with van der Waals surface area (Å²) in [5.74, 6) is 0.634. The van der Waals surface area contributed by atoms with Crippen molar-refractivity contribution in [3.63, 3.8) is 0 Å². The fourth-order valence-corrected chi connectivity index (χ4v) is 3.70. The van der Waals surface area contributed by atoms with E-state index in [0.717, 1.165) is 4.47 Å². The first-order valence-corrected chi connectivity index (χ1v) is 12.8. The van der Waals surface area contributed by atoms with Crippen molar-refractivity contribution in [2.75, 3.05) is 6.61 Å². The Labute approximate surface area is 234 Å². The van der Waals surface area contributed by atoms with Gasteiger partial charge < -0.3 is 18.9 Å². The minimum absolute atomic E-state index is 0.257. The van der Waals surface area contributed by atoms with Crippen LogP contribution in [0, 0.1) is 0 Å². The van der Waals surface area contributed by atoms with Crippen molar-refractivity contribution in [2.45, 2.75) is 13.2 Å². The van der Waals surface area contributed by atoms with E-state index < -0.39 is 18.2 Å². The topological polar surface area (TPSA) is 95.5 Å². The molecule has 4 aromatic carbocycles. The summed E-state index contributed by atoms with van der Waals surface area (Å²) in [5, 5.41) is 4.05. The van der Waals surface area contributed by atoms with Gasteiger partial charge in [0, 0.05) is 10.0 Å². The maximum atomic E-state index is 13.0. The molecule has 0 spiro atoms. The molecule has 1 N–H and O–H groups in total. The van der Waals surface area contributed by atoms with Crippen molar-refractivity contribution in [2.24, 2.45) is 5.10 Å². The van der Waals surface area contributed by atoms with Gasteiger partial charge in [0.25, 0.3) is 0 Å². The first-order valence-electron chi connectivity index (χ1n) is 12.0. The molecule has 0 saturated carbocycles. The smallest absolute Gasteiger partial charge is 0.343 e. The molecule has 8 nitrogen and oxygen atoms in total. The first-order chi connectivity index (χ1) is 19.0. The molecule has 0 aliphatic heterocycles. The maximum Gasteiger partial charge on any atom is 0.343 e. The lowest BCUT2D eigenvalue weighted by atomic mass is 10.2. The average molecular weight is 589 g/mol. The number of rotatable bonds is 11. The molecule has 0 radical (unpaired) electrons. The van der Waals surface area contributed by atoms with E-state index in [1.54, 1.807) is 91.0 Å². The molecule has 0 atom stereocenters. The zero-order chi connectivity index (χ0) is 27.5. The standard InChI is InChI=1S/C30H25BrN2O6/c1-2-36-24-16-13-21(14-17-24)29(35)39-27-18-15-23(31)19-22(27)20-32-33-28(34)30(37-25-9-5-3-6-10-25)38-26-11-7-4-8-12-26/h3-20,30H,2H2,1H3,(H,33,34)/b32-20-. The molecule has 0 saturated heterocycles. The lowest BCUT2D eigenvalue weighted by Gasteiger charge is -2.18. The van der Waals surface area contributed by atoms with Gasteiger partial charge in [-0.25, -0.2) is 10.2 Å². The Bertz CT molecular complexity index is 1370. The largest absolute Gasteiger partial charge is 0.494 e. The van der Waals surface area contributed by atoms with E-state index in [4.69, 9.17) is 18.9 Å². The highest BCUT2D eigenvalue weighted by molar-refractivity contribution is 9.10. The van der Waals surface area contributed by atoms with Crippen LogP contribution in [0.15, 0.2) is 113 Å². The molecular weight excluding hydrogens is 564 g/mol. The minimum atomic E-state index is -1.31. The summed E-state index contributed by atoms with van der Waals surface area (Å²) in [6, 6.07) is 29.4. The SMILES string of the molecule is CCOc1ccc(C(=O)Oc2ccc(Br)cc2/C=N\NC(=O)C(Oc2ccccc2)Oc2ccccc2)cc1. The highest BCUT2D eigenvalue weighted by Crippen LogP contribution is 2.23. The number of esters is 1. The average Bonchev–Trinajstić information content (AvgIpc) is 2.95. The summed E-state index contributed by atoms with van der Waals surface area (Å²) in [4.78, 5) is 25.7. The van der Waals surface area contributed by atoms with E-state index in [2.05, 4.69) is 26.5 Å². The number of benzene rings is 4. The molecule has 0 aliphatic rings. The molecule has 0 unspecified atom stereocenters. The van der Waals surface area contributed by atoms with Crippen LogP contribution in [-0.2, 0) is 4.79 Å². The van der Waals surface area contributed by atoms with E-state index in [1.165, 1.54) is 6.21 Å². The molecule has 0 aromatic heterocycles. The number of nitrogens with zero attached hydrogens (tertiary/aromatic N) is 1. The zero-order valence-electron chi connectivity index (χ0n) is 21.0. The number of halogens is 1. The van der Waals surface area contributed by atoms with Gasteiger partial charge in [-0.15, -0.1) is 0 Å². The number of hydrogen-bond acceptors (Lipinski definition) is 7. The van der Waals surface area contributed by atoms with Crippen LogP contribution in [0.4, 0.5) is 0 Å². The third-order valence-corrected chi connectivity index (χ3v) is 5.63. The molecule has 9 heteroatoms. The fourth-order valence-electron chi connectivity index (χ4n) is 3.32. The van der Waals surface area contributed by atoms with Gasteiger partial charge >= 0.3 is 18.2 Å². The molecular formula is C30H25BrN2O6. The van der Waals surface area contributed by atoms with Crippen LogP contribution in [0.25, 0.3) is 0 Å². The molecule has 1 amide bonds. The second-order valence-corrected chi connectivity index (χ2v) is 8.87. The number of para-hydroxylation sites is 2. The van der Waals surface area contributed by atoms with Crippen LogP contribution < -0.4 is 24.4 Å². The Hall–Kier alpha value is -4.63. The third kappa shape index (κ3) is 8.18. The van der Waals surface area contributed by atoms with Crippen molar-refractivity contribution in [3.8, 4) is 23.0 Å². The molecule has 0 fully saturated rings. The second-order valence-electron chi connectivity index (χ2n) is 7.96.